The number of hydrogen-bond donors (Lipinski definition) is 1. The summed E-state index contributed by atoms with van der Waals surface area (Å²) < 4.78 is 16.1. The first-order chi connectivity index (χ1) is 10.2. The van der Waals surface area contributed by atoms with E-state index in [9.17, 15) is 0 Å². The zero-order valence-electron chi connectivity index (χ0n) is 11.6. The van der Waals surface area contributed by atoms with Gasteiger partial charge in [-0.1, -0.05) is 16.8 Å². The van der Waals surface area contributed by atoms with Crippen LogP contribution in [0.1, 0.15) is 36.0 Å². The van der Waals surface area contributed by atoms with Gasteiger partial charge in [-0.3, -0.25) is 0 Å². The van der Waals surface area contributed by atoms with Gasteiger partial charge in [0.25, 0.3) is 5.89 Å². The van der Waals surface area contributed by atoms with Crippen LogP contribution in [-0.4, -0.2) is 17.3 Å². The van der Waals surface area contributed by atoms with Crippen LogP contribution in [0.2, 0.25) is 5.02 Å². The summed E-state index contributed by atoms with van der Waals surface area (Å²) in [5.74, 6) is 2.61. The Morgan fingerprint density at radius 2 is 2.24 bits per heavy atom. The van der Waals surface area contributed by atoms with Crippen LogP contribution >= 0.6 is 11.6 Å². The van der Waals surface area contributed by atoms with E-state index in [1.807, 2.05) is 0 Å². The molecule has 1 aromatic heterocycles. The molecule has 2 aromatic rings. The van der Waals surface area contributed by atoms with Crippen molar-refractivity contribution in [3.63, 3.8) is 0 Å². The Bertz CT molecular complexity index is 640. The molecule has 1 heterocycles. The summed E-state index contributed by atoms with van der Waals surface area (Å²) in [7, 11) is 1.55. The highest BCUT2D eigenvalue weighted by molar-refractivity contribution is 6.32. The monoisotopic (exact) mass is 309 g/mol. The molecule has 1 aliphatic carbocycles. The van der Waals surface area contributed by atoms with Gasteiger partial charge in [-0.25, -0.2) is 0 Å². The summed E-state index contributed by atoms with van der Waals surface area (Å²) in [6.45, 7) is 0.530. The molecule has 1 aliphatic rings. The average molecular weight is 310 g/mol. The first-order valence-electron chi connectivity index (χ1n) is 6.73. The van der Waals surface area contributed by atoms with Crippen LogP contribution in [0.25, 0.3) is 0 Å². The summed E-state index contributed by atoms with van der Waals surface area (Å²) in [4.78, 5) is 4.30. The lowest BCUT2D eigenvalue weighted by atomic mass is 10.2. The highest BCUT2D eigenvalue weighted by Gasteiger charge is 2.28. The van der Waals surface area contributed by atoms with E-state index >= 15 is 0 Å². The number of halogens is 1. The zero-order valence-corrected chi connectivity index (χ0v) is 12.4. The fraction of sp³-hybridized carbons (Fsp3) is 0.429. The summed E-state index contributed by atoms with van der Waals surface area (Å²) in [6, 6.07) is 3.55. The standard InChI is InChI=1S/C14H16ClN3O3/c1-19-11-5-8(6-16)4-10(15)13(11)20-7-12-17-14(18-21-12)9-2-3-9/h4-5,9H,2-3,6-7,16H2,1H3. The maximum atomic E-state index is 6.20. The molecule has 0 aliphatic heterocycles. The molecule has 1 fully saturated rings. The summed E-state index contributed by atoms with van der Waals surface area (Å²) in [6.07, 6.45) is 2.25. The number of benzene rings is 1. The number of nitrogens with zero attached hydrogens (tertiary/aromatic N) is 2. The maximum Gasteiger partial charge on any atom is 0.264 e. The average Bonchev–Trinajstić information content (AvgIpc) is 3.24. The van der Waals surface area contributed by atoms with Gasteiger partial charge < -0.3 is 19.7 Å². The van der Waals surface area contributed by atoms with Crippen molar-refractivity contribution in [3.8, 4) is 11.5 Å². The molecule has 0 amide bonds. The molecule has 6 nitrogen and oxygen atoms in total. The van der Waals surface area contributed by atoms with E-state index in [-0.39, 0.29) is 6.61 Å². The lowest BCUT2D eigenvalue weighted by molar-refractivity contribution is 0.233. The Kier molecular flexibility index (Phi) is 3.98. The molecule has 2 N–H and O–H groups in total. The fourth-order valence-corrected chi connectivity index (χ4v) is 2.29. The first kappa shape index (κ1) is 14.2. The topological polar surface area (TPSA) is 83.4 Å². The summed E-state index contributed by atoms with van der Waals surface area (Å²) in [5, 5.41) is 4.38. The molecule has 112 valence electrons. The number of ether oxygens (including phenoxy) is 2. The number of methoxy groups -OCH3 is 1. The van der Waals surface area contributed by atoms with E-state index < -0.39 is 0 Å². The molecule has 0 bridgehead atoms. The van der Waals surface area contributed by atoms with Gasteiger partial charge in [0.1, 0.15) is 0 Å². The molecule has 0 atom stereocenters. The molecular weight excluding hydrogens is 294 g/mol. The minimum atomic E-state index is 0.151. The normalized spacial score (nSPS) is 14.2. The van der Waals surface area contributed by atoms with Gasteiger partial charge in [0, 0.05) is 12.5 Å². The van der Waals surface area contributed by atoms with E-state index in [0.29, 0.717) is 34.9 Å². The zero-order chi connectivity index (χ0) is 14.8. The summed E-state index contributed by atoms with van der Waals surface area (Å²) in [5.41, 5.74) is 6.48. The molecule has 1 saturated carbocycles. The van der Waals surface area contributed by atoms with Crippen molar-refractivity contribution in [1.29, 1.82) is 0 Å². The predicted octanol–water partition coefficient (Wildman–Crippen LogP) is 2.65. The van der Waals surface area contributed by atoms with Crippen molar-refractivity contribution in [2.24, 2.45) is 5.73 Å². The Labute approximate surface area is 127 Å². The third-order valence-electron chi connectivity index (χ3n) is 3.29. The van der Waals surface area contributed by atoms with E-state index in [1.165, 1.54) is 0 Å². The molecule has 0 spiro atoms. The van der Waals surface area contributed by atoms with E-state index in [2.05, 4.69) is 10.1 Å². The molecule has 7 heteroatoms. The quantitative estimate of drug-likeness (QED) is 0.883. The van der Waals surface area contributed by atoms with E-state index in [0.717, 1.165) is 24.2 Å². The van der Waals surface area contributed by atoms with Crippen molar-refractivity contribution in [2.45, 2.75) is 31.9 Å². The van der Waals surface area contributed by atoms with Gasteiger partial charge in [0.05, 0.1) is 12.1 Å². The van der Waals surface area contributed by atoms with Gasteiger partial charge in [-0.15, -0.1) is 0 Å². The lowest BCUT2D eigenvalue weighted by Crippen LogP contribution is -2.02. The second kappa shape index (κ2) is 5.91. The third kappa shape index (κ3) is 3.11. The largest absolute Gasteiger partial charge is 0.493 e. The van der Waals surface area contributed by atoms with E-state index in [1.54, 1.807) is 19.2 Å². The van der Waals surface area contributed by atoms with Gasteiger partial charge in [-0.05, 0) is 30.5 Å². The SMILES string of the molecule is COc1cc(CN)cc(Cl)c1OCc1nc(C2CC2)no1. The Balaban J connectivity index is 1.74. The molecule has 21 heavy (non-hydrogen) atoms. The minimum absolute atomic E-state index is 0.151. The van der Waals surface area contributed by atoms with Crippen molar-refractivity contribution in [1.82, 2.24) is 10.1 Å². The summed E-state index contributed by atoms with van der Waals surface area (Å²) >= 11 is 6.20. The van der Waals surface area contributed by atoms with Gasteiger partial charge >= 0.3 is 0 Å². The fourth-order valence-electron chi connectivity index (χ4n) is 2.00. The third-order valence-corrected chi connectivity index (χ3v) is 3.57. The molecule has 0 unspecified atom stereocenters. The number of rotatable bonds is 6. The molecule has 1 aromatic carbocycles. The lowest BCUT2D eigenvalue weighted by Gasteiger charge is -2.12. The van der Waals surface area contributed by atoms with Crippen molar-refractivity contribution in [2.75, 3.05) is 7.11 Å². The van der Waals surface area contributed by atoms with Crippen LogP contribution in [0.4, 0.5) is 0 Å². The number of aromatic nitrogens is 2. The molecular formula is C14H16ClN3O3. The van der Waals surface area contributed by atoms with Crippen molar-refractivity contribution >= 4 is 11.6 Å². The highest BCUT2D eigenvalue weighted by atomic mass is 35.5. The molecule has 0 saturated heterocycles. The number of hydrogen-bond acceptors (Lipinski definition) is 6. The molecule has 3 rings (SSSR count). The van der Waals surface area contributed by atoms with Crippen LogP contribution in [0.5, 0.6) is 11.5 Å². The Morgan fingerprint density at radius 1 is 1.43 bits per heavy atom. The van der Waals surface area contributed by atoms with Crippen LogP contribution in [-0.2, 0) is 13.2 Å². The highest BCUT2D eigenvalue weighted by Crippen LogP contribution is 2.39. The van der Waals surface area contributed by atoms with Gasteiger partial charge in [0.15, 0.2) is 23.9 Å². The van der Waals surface area contributed by atoms with Gasteiger partial charge in [0.2, 0.25) is 0 Å². The van der Waals surface area contributed by atoms with Crippen LogP contribution < -0.4 is 15.2 Å². The van der Waals surface area contributed by atoms with Crippen LogP contribution in [0.15, 0.2) is 16.7 Å². The van der Waals surface area contributed by atoms with Crippen LogP contribution in [0, 0.1) is 0 Å². The second-order valence-corrected chi connectivity index (χ2v) is 5.33. The predicted molar refractivity (Wildman–Crippen MR) is 76.5 cm³/mol. The van der Waals surface area contributed by atoms with Crippen LogP contribution in [0.3, 0.4) is 0 Å². The minimum Gasteiger partial charge on any atom is -0.493 e. The first-order valence-corrected chi connectivity index (χ1v) is 7.10. The Hall–Kier alpha value is -1.79. The van der Waals surface area contributed by atoms with Crippen molar-refractivity contribution in [3.05, 3.63) is 34.4 Å². The number of nitrogens with two attached hydrogens (primary N) is 1. The Morgan fingerprint density at radius 3 is 2.90 bits per heavy atom. The molecule has 0 radical (unpaired) electrons. The maximum absolute atomic E-state index is 6.20. The van der Waals surface area contributed by atoms with Crippen molar-refractivity contribution < 1.29 is 14.0 Å². The smallest absolute Gasteiger partial charge is 0.264 e. The van der Waals surface area contributed by atoms with E-state index in [4.69, 9.17) is 31.3 Å². The second-order valence-electron chi connectivity index (χ2n) is 4.92. The van der Waals surface area contributed by atoms with Gasteiger partial charge in [-0.2, -0.15) is 4.98 Å².